The first-order valence-corrected chi connectivity index (χ1v) is 9.64. The summed E-state index contributed by atoms with van der Waals surface area (Å²) in [4.78, 5) is 23.5. The Kier molecular flexibility index (Phi) is 8.22. The minimum absolute atomic E-state index is 0. The van der Waals surface area contributed by atoms with Gasteiger partial charge in [0.25, 0.3) is 0 Å². The SMILES string of the molecule is CCC1CN(c2nc(-c3ccc(C(N)=O)cc3)nc3c2CCNC3)CCN1.Cl.Cl. The summed E-state index contributed by atoms with van der Waals surface area (Å²) in [7, 11) is 0. The van der Waals surface area contributed by atoms with Gasteiger partial charge in [-0.2, -0.15) is 0 Å². The van der Waals surface area contributed by atoms with Gasteiger partial charge in [-0.15, -0.1) is 24.8 Å². The quantitative estimate of drug-likeness (QED) is 0.674. The number of piperazine rings is 1. The summed E-state index contributed by atoms with van der Waals surface area (Å²) in [5.74, 6) is 1.34. The first-order valence-electron chi connectivity index (χ1n) is 9.64. The zero-order valence-electron chi connectivity index (χ0n) is 16.5. The number of halogens is 2. The summed E-state index contributed by atoms with van der Waals surface area (Å²) in [6, 6.07) is 7.69. The molecule has 0 spiro atoms. The van der Waals surface area contributed by atoms with E-state index in [1.54, 1.807) is 12.1 Å². The molecule has 2 aliphatic rings. The predicted octanol–water partition coefficient (Wildman–Crippen LogP) is 1.92. The van der Waals surface area contributed by atoms with Gasteiger partial charge in [-0.05, 0) is 31.5 Å². The molecule has 0 saturated carbocycles. The van der Waals surface area contributed by atoms with E-state index < -0.39 is 5.91 Å². The van der Waals surface area contributed by atoms with Crippen LogP contribution < -0.4 is 21.3 Å². The summed E-state index contributed by atoms with van der Waals surface area (Å²) in [5.41, 5.74) is 9.08. The van der Waals surface area contributed by atoms with Crippen LogP contribution in [0.1, 0.15) is 35.0 Å². The van der Waals surface area contributed by atoms with Crippen LogP contribution in [0.4, 0.5) is 5.82 Å². The standard InChI is InChI=1S/C20H26N6O.2ClH/c1-2-15-12-26(10-9-23-15)20-16-7-8-22-11-17(16)24-19(25-20)14-5-3-13(4-6-14)18(21)27;;/h3-6,15,22-23H,2,7-12H2,1H3,(H2,21,27);2*1H. The van der Waals surface area contributed by atoms with Gasteiger partial charge < -0.3 is 21.3 Å². The van der Waals surface area contributed by atoms with Gasteiger partial charge in [0.1, 0.15) is 5.82 Å². The number of hydrogen-bond acceptors (Lipinski definition) is 6. The molecule has 1 atom stereocenters. The molecule has 1 aromatic carbocycles. The van der Waals surface area contributed by atoms with Gasteiger partial charge in [-0.25, -0.2) is 9.97 Å². The smallest absolute Gasteiger partial charge is 0.248 e. The van der Waals surface area contributed by atoms with Crippen LogP contribution in [-0.2, 0) is 13.0 Å². The van der Waals surface area contributed by atoms with Crippen LogP contribution in [0, 0.1) is 0 Å². The van der Waals surface area contributed by atoms with Gasteiger partial charge in [0.15, 0.2) is 5.82 Å². The van der Waals surface area contributed by atoms with Crippen molar-refractivity contribution in [1.29, 1.82) is 0 Å². The second-order valence-corrected chi connectivity index (χ2v) is 7.17. The molecule has 1 aromatic heterocycles. The van der Waals surface area contributed by atoms with Gasteiger partial charge in [0.05, 0.1) is 5.69 Å². The van der Waals surface area contributed by atoms with Crippen LogP contribution in [0.5, 0.6) is 0 Å². The Morgan fingerprint density at radius 1 is 1.21 bits per heavy atom. The highest BCUT2D eigenvalue weighted by molar-refractivity contribution is 5.93. The van der Waals surface area contributed by atoms with E-state index in [0.29, 0.717) is 17.4 Å². The molecule has 0 bridgehead atoms. The second kappa shape index (κ2) is 10.2. The summed E-state index contributed by atoms with van der Waals surface area (Å²) in [5, 5.41) is 6.98. The van der Waals surface area contributed by atoms with Crippen LogP contribution in [0.2, 0.25) is 0 Å². The maximum absolute atomic E-state index is 11.3. The summed E-state index contributed by atoms with van der Waals surface area (Å²) in [6.07, 6.45) is 2.05. The largest absolute Gasteiger partial charge is 0.366 e. The zero-order chi connectivity index (χ0) is 18.8. The van der Waals surface area contributed by atoms with Crippen LogP contribution in [0.3, 0.4) is 0 Å². The van der Waals surface area contributed by atoms with Crippen molar-refractivity contribution in [3.63, 3.8) is 0 Å². The average Bonchev–Trinajstić information content (AvgIpc) is 2.73. The van der Waals surface area contributed by atoms with Gasteiger partial charge >= 0.3 is 0 Å². The first-order chi connectivity index (χ1) is 13.2. The molecule has 1 fully saturated rings. The fraction of sp³-hybridized carbons (Fsp3) is 0.450. The molecule has 2 aliphatic heterocycles. The van der Waals surface area contributed by atoms with E-state index in [-0.39, 0.29) is 24.8 Å². The normalized spacial score (nSPS) is 18.2. The van der Waals surface area contributed by atoms with Crippen molar-refractivity contribution in [2.24, 2.45) is 5.73 Å². The van der Waals surface area contributed by atoms with Crippen molar-refractivity contribution in [3.8, 4) is 11.4 Å². The number of rotatable bonds is 4. The van der Waals surface area contributed by atoms with Crippen molar-refractivity contribution < 1.29 is 4.79 Å². The topological polar surface area (TPSA) is 96.2 Å². The molecule has 0 aliphatic carbocycles. The van der Waals surface area contributed by atoms with Gasteiger partial charge in [-0.3, -0.25) is 4.79 Å². The molecule has 3 heterocycles. The molecular weight excluding hydrogens is 411 g/mol. The molecule has 9 heteroatoms. The first kappa shape index (κ1) is 23.3. The Balaban J connectivity index is 0.00000150. The number of aromatic nitrogens is 2. The molecule has 29 heavy (non-hydrogen) atoms. The number of carbonyl (C=O) groups excluding carboxylic acids is 1. The Morgan fingerprint density at radius 3 is 2.66 bits per heavy atom. The predicted molar refractivity (Wildman–Crippen MR) is 120 cm³/mol. The lowest BCUT2D eigenvalue weighted by Gasteiger charge is -2.36. The monoisotopic (exact) mass is 438 g/mol. The number of anilines is 1. The maximum atomic E-state index is 11.3. The minimum atomic E-state index is -0.427. The van der Waals surface area contributed by atoms with E-state index in [1.165, 1.54) is 5.56 Å². The molecule has 158 valence electrons. The lowest BCUT2D eigenvalue weighted by atomic mass is 10.0. The number of benzene rings is 1. The highest BCUT2D eigenvalue weighted by atomic mass is 35.5. The van der Waals surface area contributed by atoms with Crippen LogP contribution in [-0.4, -0.2) is 48.1 Å². The van der Waals surface area contributed by atoms with E-state index in [1.807, 2.05) is 12.1 Å². The third kappa shape index (κ3) is 4.98. The number of fused-ring (bicyclic) bond motifs is 1. The number of hydrogen-bond donors (Lipinski definition) is 3. The number of nitrogens with two attached hydrogens (primary N) is 1. The highest BCUT2D eigenvalue weighted by Gasteiger charge is 2.25. The van der Waals surface area contributed by atoms with Gasteiger partial charge in [-0.1, -0.05) is 19.1 Å². The van der Waals surface area contributed by atoms with E-state index in [9.17, 15) is 4.79 Å². The Morgan fingerprint density at radius 2 is 1.97 bits per heavy atom. The van der Waals surface area contributed by atoms with Crippen LogP contribution in [0.25, 0.3) is 11.4 Å². The van der Waals surface area contributed by atoms with Crippen molar-refractivity contribution in [1.82, 2.24) is 20.6 Å². The van der Waals surface area contributed by atoms with Crippen LogP contribution in [0.15, 0.2) is 24.3 Å². The maximum Gasteiger partial charge on any atom is 0.248 e. The Bertz CT molecular complexity index is 846. The van der Waals surface area contributed by atoms with Crippen molar-refractivity contribution in [2.75, 3.05) is 31.1 Å². The van der Waals surface area contributed by atoms with E-state index in [0.717, 1.165) is 62.6 Å². The molecule has 7 nitrogen and oxygen atoms in total. The third-order valence-corrected chi connectivity index (χ3v) is 5.39. The lowest BCUT2D eigenvalue weighted by Crippen LogP contribution is -2.51. The van der Waals surface area contributed by atoms with Crippen molar-refractivity contribution >= 4 is 36.5 Å². The molecule has 1 amide bonds. The van der Waals surface area contributed by atoms with Crippen LogP contribution >= 0.6 is 24.8 Å². The van der Waals surface area contributed by atoms with Crippen molar-refractivity contribution in [2.45, 2.75) is 32.4 Å². The number of amides is 1. The second-order valence-electron chi connectivity index (χ2n) is 7.17. The summed E-state index contributed by atoms with van der Waals surface area (Å²) < 4.78 is 0. The summed E-state index contributed by atoms with van der Waals surface area (Å²) in [6.45, 7) is 6.82. The molecule has 1 unspecified atom stereocenters. The minimum Gasteiger partial charge on any atom is -0.366 e. The summed E-state index contributed by atoms with van der Waals surface area (Å²) >= 11 is 0. The fourth-order valence-corrected chi connectivity index (χ4v) is 3.81. The number of primary amides is 1. The molecule has 4 rings (SSSR count). The molecule has 4 N–H and O–H groups in total. The molecule has 1 saturated heterocycles. The number of carbonyl (C=O) groups is 1. The highest BCUT2D eigenvalue weighted by Crippen LogP contribution is 2.28. The Labute approximate surface area is 183 Å². The zero-order valence-corrected chi connectivity index (χ0v) is 18.1. The molecule has 0 radical (unpaired) electrons. The Hall–Kier alpha value is -1.93. The number of nitrogens with one attached hydrogen (secondary N) is 2. The van der Waals surface area contributed by atoms with Gasteiger partial charge in [0, 0.05) is 48.9 Å². The molecular formula is C20H28Cl2N6O. The lowest BCUT2D eigenvalue weighted by molar-refractivity contribution is 0.100. The average molecular weight is 439 g/mol. The van der Waals surface area contributed by atoms with E-state index in [4.69, 9.17) is 15.7 Å². The van der Waals surface area contributed by atoms with Crippen molar-refractivity contribution in [3.05, 3.63) is 41.1 Å². The van der Waals surface area contributed by atoms with E-state index >= 15 is 0 Å². The third-order valence-electron chi connectivity index (χ3n) is 5.39. The van der Waals surface area contributed by atoms with E-state index in [2.05, 4.69) is 22.5 Å². The number of nitrogens with zero attached hydrogens (tertiary/aromatic N) is 3. The fourth-order valence-electron chi connectivity index (χ4n) is 3.81. The molecule has 2 aromatic rings. The van der Waals surface area contributed by atoms with Gasteiger partial charge in [0.2, 0.25) is 5.91 Å².